The minimum Gasteiger partial charge on any atom is -0.384 e. The van der Waals surface area contributed by atoms with Crippen molar-refractivity contribution in [3.8, 4) is 6.07 Å². The molecule has 4 aromatic rings. The number of hydrogen-bond acceptors (Lipinski definition) is 7. The summed E-state index contributed by atoms with van der Waals surface area (Å²) in [5, 5.41) is 12.3. The van der Waals surface area contributed by atoms with E-state index in [1.54, 1.807) is 48.9 Å². The van der Waals surface area contributed by atoms with Crippen molar-refractivity contribution >= 4 is 39.6 Å². The van der Waals surface area contributed by atoms with Crippen LogP contribution in [0.1, 0.15) is 27.2 Å². The molecule has 0 atom stereocenters. The number of aromatic nitrogens is 3. The smallest absolute Gasteiger partial charge is 0.267 e. The number of fused-ring (bicyclic) bond motifs is 1. The molecule has 3 aromatic heterocycles. The van der Waals surface area contributed by atoms with E-state index in [-0.39, 0.29) is 31.4 Å². The molecule has 9 nitrogen and oxygen atoms in total. The first-order chi connectivity index (χ1) is 16.1. The molecule has 0 bridgehead atoms. The number of carbonyl (C=O) groups excluding carboxylic acids is 2. The van der Waals surface area contributed by atoms with E-state index in [9.17, 15) is 9.59 Å². The Hall–Kier alpha value is -4.07. The summed E-state index contributed by atoms with van der Waals surface area (Å²) in [5.74, 6) is -0.492. The first-order valence-corrected chi connectivity index (χ1v) is 10.9. The predicted molar refractivity (Wildman–Crippen MR) is 124 cm³/mol. The summed E-state index contributed by atoms with van der Waals surface area (Å²) < 4.78 is 6.85. The van der Waals surface area contributed by atoms with E-state index in [0.717, 1.165) is 22.5 Å². The lowest BCUT2D eigenvalue weighted by molar-refractivity contribution is -0.119. The summed E-state index contributed by atoms with van der Waals surface area (Å²) in [6.07, 6.45) is 6.88. The van der Waals surface area contributed by atoms with Crippen LogP contribution in [0.25, 0.3) is 5.65 Å². The Morgan fingerprint density at radius 1 is 1.21 bits per heavy atom. The van der Waals surface area contributed by atoms with E-state index in [0.29, 0.717) is 21.3 Å². The first kappa shape index (κ1) is 22.1. The number of nitriles is 1. The molecule has 4 rings (SSSR count). The monoisotopic (exact) mass is 460 g/mol. The maximum absolute atomic E-state index is 12.9. The van der Waals surface area contributed by atoms with Crippen LogP contribution < -0.4 is 10.2 Å². The predicted octanol–water partition coefficient (Wildman–Crippen LogP) is 3.48. The van der Waals surface area contributed by atoms with E-state index in [1.165, 1.54) is 18.2 Å². The molecule has 2 amide bonds. The molecular weight excluding hydrogens is 440 g/mol. The average molecular weight is 461 g/mol. The summed E-state index contributed by atoms with van der Waals surface area (Å²) in [6, 6.07) is 12.6. The topological polar surface area (TPSA) is 113 Å². The van der Waals surface area contributed by atoms with Gasteiger partial charge in [0.2, 0.25) is 5.91 Å². The first-order valence-electron chi connectivity index (χ1n) is 10.1. The number of imidazole rings is 1. The van der Waals surface area contributed by atoms with Crippen LogP contribution in [0.5, 0.6) is 0 Å². The third kappa shape index (κ3) is 5.23. The van der Waals surface area contributed by atoms with Gasteiger partial charge in [-0.2, -0.15) is 5.26 Å². The molecule has 0 saturated carbocycles. The molecule has 0 fully saturated rings. The lowest BCUT2D eigenvalue weighted by atomic mass is 10.1. The maximum Gasteiger partial charge on any atom is 0.267 e. The fourth-order valence-corrected chi connectivity index (χ4v) is 3.96. The molecular formula is C23H20N6O3S. The van der Waals surface area contributed by atoms with Crippen molar-refractivity contribution in [2.75, 3.05) is 23.9 Å². The van der Waals surface area contributed by atoms with Gasteiger partial charge in [-0.15, -0.1) is 0 Å². The van der Waals surface area contributed by atoms with Gasteiger partial charge in [0, 0.05) is 25.7 Å². The lowest BCUT2D eigenvalue weighted by Gasteiger charge is -2.20. The van der Waals surface area contributed by atoms with Crippen LogP contribution >= 0.6 is 11.3 Å². The molecule has 0 saturated heterocycles. The van der Waals surface area contributed by atoms with E-state index in [4.69, 9.17) is 10.00 Å². The van der Waals surface area contributed by atoms with Crippen molar-refractivity contribution < 1.29 is 14.3 Å². The number of hydrogen-bond donors (Lipinski definition) is 1. The van der Waals surface area contributed by atoms with Crippen molar-refractivity contribution in [3.63, 3.8) is 0 Å². The number of carbonyl (C=O) groups is 2. The van der Waals surface area contributed by atoms with Crippen molar-refractivity contribution in [3.05, 3.63) is 77.2 Å². The van der Waals surface area contributed by atoms with Crippen LogP contribution in [0.2, 0.25) is 0 Å². The summed E-state index contributed by atoms with van der Waals surface area (Å²) in [5.41, 5.74) is 2.78. The fraction of sp³-hybridized carbons (Fsp3) is 0.174. The molecule has 3 heterocycles. The second kappa shape index (κ2) is 10.0. The minimum absolute atomic E-state index is 0.173. The SMILES string of the molecule is COCCC(=O)N(Cc1ccc(C#N)cc1)c1ncc(C(=O)Nc2ccc3nccn3c2)s1. The second-order valence-corrected chi connectivity index (χ2v) is 8.11. The number of anilines is 2. The summed E-state index contributed by atoms with van der Waals surface area (Å²) in [6.45, 7) is 0.540. The molecule has 0 aliphatic heterocycles. The summed E-state index contributed by atoms with van der Waals surface area (Å²) >= 11 is 1.13. The number of ether oxygens (including phenoxy) is 1. The molecule has 0 spiro atoms. The zero-order valence-corrected chi connectivity index (χ0v) is 18.6. The van der Waals surface area contributed by atoms with Gasteiger partial charge in [0.15, 0.2) is 5.13 Å². The van der Waals surface area contributed by atoms with Crippen LogP contribution in [0.3, 0.4) is 0 Å². The third-order valence-corrected chi connectivity index (χ3v) is 5.86. The number of rotatable bonds is 8. The number of amides is 2. The highest BCUT2D eigenvalue weighted by atomic mass is 32.1. The largest absolute Gasteiger partial charge is 0.384 e. The molecule has 0 aliphatic carbocycles. The van der Waals surface area contributed by atoms with Crippen LogP contribution in [0.15, 0.2) is 61.2 Å². The van der Waals surface area contributed by atoms with Gasteiger partial charge in [-0.05, 0) is 29.8 Å². The van der Waals surface area contributed by atoms with E-state index < -0.39 is 0 Å². The number of thiazole rings is 1. The van der Waals surface area contributed by atoms with Crippen LogP contribution in [0.4, 0.5) is 10.8 Å². The number of nitrogens with zero attached hydrogens (tertiary/aromatic N) is 5. The zero-order valence-electron chi connectivity index (χ0n) is 17.8. The molecule has 1 N–H and O–H groups in total. The number of pyridine rings is 1. The van der Waals surface area contributed by atoms with Crippen LogP contribution in [-0.4, -0.2) is 39.9 Å². The molecule has 0 radical (unpaired) electrons. The summed E-state index contributed by atoms with van der Waals surface area (Å²) in [7, 11) is 1.53. The quantitative estimate of drug-likeness (QED) is 0.431. The highest BCUT2D eigenvalue weighted by molar-refractivity contribution is 7.17. The van der Waals surface area contributed by atoms with Crippen molar-refractivity contribution in [2.45, 2.75) is 13.0 Å². The van der Waals surface area contributed by atoms with Gasteiger partial charge < -0.3 is 14.5 Å². The second-order valence-electron chi connectivity index (χ2n) is 7.10. The molecule has 0 unspecified atom stereocenters. The Morgan fingerprint density at radius 3 is 2.79 bits per heavy atom. The molecule has 33 heavy (non-hydrogen) atoms. The van der Waals surface area contributed by atoms with Crippen LogP contribution in [0, 0.1) is 11.3 Å². The fourth-order valence-electron chi connectivity index (χ4n) is 3.14. The van der Waals surface area contributed by atoms with Gasteiger partial charge in [-0.3, -0.25) is 14.5 Å². The Bertz CT molecular complexity index is 1320. The normalized spacial score (nSPS) is 10.7. The Kier molecular flexibility index (Phi) is 6.73. The van der Waals surface area contributed by atoms with Crippen molar-refractivity contribution in [2.24, 2.45) is 0 Å². The Balaban J connectivity index is 1.53. The van der Waals surface area contributed by atoms with Crippen molar-refractivity contribution in [1.29, 1.82) is 5.26 Å². The highest BCUT2D eigenvalue weighted by Gasteiger charge is 2.21. The third-order valence-electron chi connectivity index (χ3n) is 4.84. The molecule has 1 aromatic carbocycles. The van der Waals surface area contributed by atoms with Crippen molar-refractivity contribution in [1.82, 2.24) is 14.4 Å². The maximum atomic E-state index is 12.9. The highest BCUT2D eigenvalue weighted by Crippen LogP contribution is 2.26. The van der Waals surface area contributed by atoms with E-state index in [1.807, 2.05) is 10.5 Å². The molecule has 10 heteroatoms. The Labute approximate surface area is 193 Å². The van der Waals surface area contributed by atoms with Gasteiger partial charge >= 0.3 is 0 Å². The van der Waals surface area contributed by atoms with Gasteiger partial charge in [0.1, 0.15) is 10.5 Å². The van der Waals surface area contributed by atoms with E-state index in [2.05, 4.69) is 21.4 Å². The summed E-state index contributed by atoms with van der Waals surface area (Å²) in [4.78, 5) is 36.0. The van der Waals surface area contributed by atoms with E-state index >= 15 is 0 Å². The lowest BCUT2D eigenvalue weighted by Crippen LogP contribution is -2.31. The van der Waals surface area contributed by atoms with Gasteiger partial charge in [0.05, 0.1) is 43.1 Å². The van der Waals surface area contributed by atoms with Gasteiger partial charge in [-0.1, -0.05) is 23.5 Å². The minimum atomic E-state index is -0.319. The number of benzene rings is 1. The number of methoxy groups -OCH3 is 1. The van der Waals surface area contributed by atoms with Gasteiger partial charge in [0.25, 0.3) is 5.91 Å². The number of nitrogens with one attached hydrogen (secondary N) is 1. The Morgan fingerprint density at radius 2 is 2.03 bits per heavy atom. The zero-order chi connectivity index (χ0) is 23.2. The molecule has 0 aliphatic rings. The standard InChI is InChI=1S/C23H20N6O3S/c1-32-11-8-21(30)29(14-17-4-2-16(12-24)3-5-17)23-26-13-19(33-23)22(31)27-18-6-7-20-25-9-10-28(20)15-18/h2-7,9-10,13,15H,8,11,14H2,1H3,(H,27,31). The van der Waals surface area contributed by atoms with Crippen LogP contribution in [-0.2, 0) is 16.1 Å². The average Bonchev–Trinajstić information content (AvgIpc) is 3.51. The van der Waals surface area contributed by atoms with Gasteiger partial charge in [-0.25, -0.2) is 9.97 Å². The molecule has 166 valence electrons.